The molecule has 0 saturated carbocycles. The minimum absolute atomic E-state index is 0. The Labute approximate surface area is 136 Å². The van der Waals surface area contributed by atoms with E-state index in [9.17, 15) is 0 Å². The Kier molecular flexibility index (Phi) is 3.90. The summed E-state index contributed by atoms with van der Waals surface area (Å²) in [7, 11) is 0. The molecule has 6 nitrogen and oxygen atoms in total. The van der Waals surface area contributed by atoms with Gasteiger partial charge in [-0.3, -0.25) is 5.10 Å². The number of H-pyrrole nitrogens is 1. The fraction of sp³-hybridized carbons (Fsp3) is 0.353. The Hall–Kier alpha value is -2.47. The highest BCUT2D eigenvalue weighted by Crippen LogP contribution is 2.24. The lowest BCUT2D eigenvalue weighted by molar-refractivity contribution is 0.389. The number of nitrogens with zero attached hydrogens (tertiary/aromatic N) is 3. The number of piperidine rings is 1. The largest absolute Gasteiger partial charge is 0.370 e. The summed E-state index contributed by atoms with van der Waals surface area (Å²) in [6.45, 7) is 3.21. The third-order valence-electron chi connectivity index (χ3n) is 4.37. The highest BCUT2D eigenvalue weighted by atomic mass is 15.2. The molecule has 1 saturated heterocycles. The lowest BCUT2D eigenvalue weighted by Crippen LogP contribution is -2.31. The van der Waals surface area contributed by atoms with Gasteiger partial charge in [0.2, 0.25) is 0 Å². The summed E-state index contributed by atoms with van der Waals surface area (Å²) in [4.78, 5) is 8.98. The molecule has 120 valence electrons. The number of hydrogen-bond acceptors (Lipinski definition) is 5. The van der Waals surface area contributed by atoms with E-state index >= 15 is 0 Å². The van der Waals surface area contributed by atoms with E-state index in [0.717, 1.165) is 53.8 Å². The predicted molar refractivity (Wildman–Crippen MR) is 93.3 cm³/mol. The van der Waals surface area contributed by atoms with Gasteiger partial charge in [-0.05, 0) is 56.1 Å². The first kappa shape index (κ1) is 14.1. The first-order chi connectivity index (χ1) is 11.4. The van der Waals surface area contributed by atoms with Crippen LogP contribution in [0.15, 0.2) is 36.5 Å². The van der Waals surface area contributed by atoms with Crippen molar-refractivity contribution in [1.82, 2.24) is 25.5 Å². The summed E-state index contributed by atoms with van der Waals surface area (Å²) in [6.07, 6.45) is 4.20. The van der Waals surface area contributed by atoms with Crippen LogP contribution >= 0.6 is 0 Å². The zero-order chi connectivity index (χ0) is 15.5. The third-order valence-corrected chi connectivity index (χ3v) is 4.37. The van der Waals surface area contributed by atoms with Crippen molar-refractivity contribution in [2.75, 3.05) is 25.0 Å². The maximum absolute atomic E-state index is 4.72. The van der Waals surface area contributed by atoms with Gasteiger partial charge in [0.1, 0.15) is 5.82 Å². The van der Waals surface area contributed by atoms with Crippen LogP contribution in [0.25, 0.3) is 22.4 Å². The lowest BCUT2D eigenvalue weighted by atomic mass is 9.98. The molecular weight excluding hydrogens is 288 g/mol. The van der Waals surface area contributed by atoms with Gasteiger partial charge in [0.25, 0.3) is 0 Å². The quantitative estimate of drug-likeness (QED) is 0.690. The van der Waals surface area contributed by atoms with Crippen molar-refractivity contribution in [3.8, 4) is 11.4 Å². The second-order valence-electron chi connectivity index (χ2n) is 5.96. The molecule has 3 N–H and O–H groups in total. The van der Waals surface area contributed by atoms with E-state index in [4.69, 9.17) is 4.98 Å². The van der Waals surface area contributed by atoms with E-state index in [2.05, 4.69) is 25.8 Å². The molecule has 0 unspecified atom stereocenters. The summed E-state index contributed by atoms with van der Waals surface area (Å²) in [5, 5.41) is 15.2. The molecule has 6 heteroatoms. The third kappa shape index (κ3) is 3.03. The zero-order valence-electron chi connectivity index (χ0n) is 12.9. The van der Waals surface area contributed by atoms with Crippen LogP contribution in [0, 0.1) is 5.92 Å². The second kappa shape index (κ2) is 6.34. The number of aromatic amines is 1. The van der Waals surface area contributed by atoms with Gasteiger partial charge in [-0.25, -0.2) is 9.97 Å². The lowest BCUT2D eigenvalue weighted by Gasteiger charge is -2.23. The fourth-order valence-electron chi connectivity index (χ4n) is 3.05. The molecule has 3 aromatic rings. The van der Waals surface area contributed by atoms with E-state index < -0.39 is 0 Å². The van der Waals surface area contributed by atoms with Crippen molar-refractivity contribution in [1.29, 1.82) is 0 Å². The van der Waals surface area contributed by atoms with E-state index in [1.165, 1.54) is 12.8 Å². The molecule has 4 heterocycles. The number of fused-ring (bicyclic) bond motifs is 1. The van der Waals surface area contributed by atoms with Gasteiger partial charge in [-0.2, -0.15) is 5.10 Å². The second-order valence-corrected chi connectivity index (χ2v) is 5.96. The molecule has 1 aliphatic heterocycles. The van der Waals surface area contributed by atoms with Crippen LogP contribution in [0.5, 0.6) is 0 Å². The molecule has 0 radical (unpaired) electrons. The molecule has 3 aromatic heterocycles. The Balaban J connectivity index is 0.00000169. The Morgan fingerprint density at radius 2 is 2.09 bits per heavy atom. The van der Waals surface area contributed by atoms with Gasteiger partial charge < -0.3 is 10.6 Å². The predicted octanol–water partition coefficient (Wildman–Crippen LogP) is 2.68. The topological polar surface area (TPSA) is 78.5 Å². The van der Waals surface area contributed by atoms with Crippen molar-refractivity contribution in [2.24, 2.45) is 5.92 Å². The molecule has 0 spiro atoms. The molecular formula is C17H22N6. The number of aromatic nitrogens is 4. The van der Waals surface area contributed by atoms with Crippen LogP contribution < -0.4 is 10.6 Å². The van der Waals surface area contributed by atoms with Gasteiger partial charge in [0, 0.05) is 19.6 Å². The molecule has 0 bridgehead atoms. The van der Waals surface area contributed by atoms with E-state index in [-0.39, 0.29) is 1.43 Å². The Morgan fingerprint density at radius 3 is 3.00 bits per heavy atom. The Bertz CT molecular complexity index is 796. The number of nitrogens with one attached hydrogen (secondary N) is 3. The van der Waals surface area contributed by atoms with Crippen molar-refractivity contribution in [3.05, 3.63) is 36.5 Å². The van der Waals surface area contributed by atoms with Gasteiger partial charge in [-0.15, -0.1) is 0 Å². The number of pyridine rings is 2. The van der Waals surface area contributed by atoms with Gasteiger partial charge in [0.05, 0.1) is 11.4 Å². The minimum atomic E-state index is 0. The Morgan fingerprint density at radius 1 is 1.17 bits per heavy atom. The van der Waals surface area contributed by atoms with E-state index in [1.54, 1.807) is 6.20 Å². The average molecular weight is 310 g/mol. The molecule has 1 fully saturated rings. The molecule has 1 aliphatic rings. The molecule has 0 amide bonds. The van der Waals surface area contributed by atoms with Crippen LogP contribution in [-0.4, -0.2) is 39.8 Å². The maximum Gasteiger partial charge on any atom is 0.181 e. The first-order valence-electron chi connectivity index (χ1n) is 8.11. The zero-order valence-corrected chi connectivity index (χ0v) is 12.9. The van der Waals surface area contributed by atoms with Crippen LogP contribution in [0.1, 0.15) is 14.3 Å². The highest BCUT2D eigenvalue weighted by molar-refractivity contribution is 5.89. The average Bonchev–Trinajstić information content (AvgIpc) is 3.05. The normalized spacial score (nSPS) is 15.8. The fourth-order valence-corrected chi connectivity index (χ4v) is 3.05. The van der Waals surface area contributed by atoms with Crippen LogP contribution in [0.2, 0.25) is 0 Å². The van der Waals surface area contributed by atoms with Crippen molar-refractivity contribution >= 4 is 16.9 Å². The SMILES string of the molecule is [HH].c1cc(NCC2CCNCC2)nc(-c2[nH]nc3ncccc23)c1. The standard InChI is InChI=1S/C17H20N6.H2/c1-4-14(16-13-3-2-8-19-17(13)23-22-16)21-15(5-1)20-11-12-6-9-18-10-7-12;/h1-5,8,12,18H,6-7,9-11H2,(H,20,21)(H,19,22,23);1H. The van der Waals surface area contributed by atoms with Crippen LogP contribution in [-0.2, 0) is 0 Å². The molecule has 0 aromatic carbocycles. The summed E-state index contributed by atoms with van der Waals surface area (Å²) in [5.41, 5.74) is 2.52. The summed E-state index contributed by atoms with van der Waals surface area (Å²) in [6, 6.07) is 9.96. The molecule has 23 heavy (non-hydrogen) atoms. The monoisotopic (exact) mass is 310 g/mol. The van der Waals surface area contributed by atoms with Crippen molar-refractivity contribution < 1.29 is 1.43 Å². The molecule has 0 aliphatic carbocycles. The number of anilines is 1. The van der Waals surface area contributed by atoms with Gasteiger partial charge >= 0.3 is 0 Å². The summed E-state index contributed by atoms with van der Waals surface area (Å²) in [5.74, 6) is 1.63. The number of hydrogen-bond donors (Lipinski definition) is 3. The van der Waals surface area contributed by atoms with Crippen LogP contribution in [0.4, 0.5) is 5.82 Å². The molecule has 4 rings (SSSR count). The van der Waals surface area contributed by atoms with Crippen molar-refractivity contribution in [2.45, 2.75) is 12.8 Å². The maximum atomic E-state index is 4.72. The minimum Gasteiger partial charge on any atom is -0.370 e. The highest BCUT2D eigenvalue weighted by Gasteiger charge is 2.13. The smallest absolute Gasteiger partial charge is 0.181 e. The van der Waals surface area contributed by atoms with E-state index in [1.807, 2.05) is 30.3 Å². The van der Waals surface area contributed by atoms with Crippen molar-refractivity contribution in [3.63, 3.8) is 0 Å². The van der Waals surface area contributed by atoms with Gasteiger partial charge in [-0.1, -0.05) is 6.07 Å². The summed E-state index contributed by atoms with van der Waals surface area (Å²) >= 11 is 0. The van der Waals surface area contributed by atoms with Crippen LogP contribution in [0.3, 0.4) is 0 Å². The van der Waals surface area contributed by atoms with Gasteiger partial charge in [0.15, 0.2) is 5.65 Å². The first-order valence-corrected chi connectivity index (χ1v) is 8.11. The van der Waals surface area contributed by atoms with E-state index in [0.29, 0.717) is 0 Å². The number of rotatable bonds is 4. The molecule has 0 atom stereocenters. The summed E-state index contributed by atoms with van der Waals surface area (Å²) < 4.78 is 0.